The van der Waals surface area contributed by atoms with Gasteiger partial charge in [0.05, 0.1) is 31.5 Å². The topological polar surface area (TPSA) is 71.0 Å². The second-order valence-corrected chi connectivity index (χ2v) is 5.38. The second-order valence-electron chi connectivity index (χ2n) is 5.38. The summed E-state index contributed by atoms with van der Waals surface area (Å²) in [5, 5.41) is 12.0. The lowest BCUT2D eigenvalue weighted by molar-refractivity contribution is -0.129. The van der Waals surface area contributed by atoms with E-state index in [0.29, 0.717) is 19.6 Å². The maximum atomic E-state index is 11.9. The van der Waals surface area contributed by atoms with E-state index in [-0.39, 0.29) is 30.8 Å². The van der Waals surface area contributed by atoms with Crippen molar-refractivity contribution in [2.75, 3.05) is 39.4 Å². The van der Waals surface area contributed by atoms with Crippen LogP contribution in [0.1, 0.15) is 19.8 Å². The summed E-state index contributed by atoms with van der Waals surface area (Å²) in [6, 6.07) is 0. The number of amides is 1. The van der Waals surface area contributed by atoms with Gasteiger partial charge in [-0.05, 0) is 19.8 Å². The Kier molecular flexibility index (Phi) is 5.57. The number of aliphatic hydroxyl groups excluding tert-OH is 1. The third-order valence-electron chi connectivity index (χ3n) is 3.52. The van der Waals surface area contributed by atoms with E-state index >= 15 is 0 Å². The van der Waals surface area contributed by atoms with Crippen LogP contribution >= 0.6 is 0 Å². The molecule has 0 radical (unpaired) electrons. The molecule has 0 saturated carbocycles. The molecule has 0 spiro atoms. The Morgan fingerprint density at radius 1 is 1.42 bits per heavy atom. The molecule has 3 atom stereocenters. The number of ether oxygens (including phenoxy) is 2. The lowest BCUT2D eigenvalue weighted by atomic mass is 10.2. The van der Waals surface area contributed by atoms with Gasteiger partial charge in [0, 0.05) is 26.2 Å². The van der Waals surface area contributed by atoms with Crippen LogP contribution in [0.5, 0.6) is 0 Å². The van der Waals surface area contributed by atoms with Crippen LogP contribution < -0.4 is 5.32 Å². The Hall–Kier alpha value is -0.690. The van der Waals surface area contributed by atoms with E-state index in [1.54, 1.807) is 0 Å². The van der Waals surface area contributed by atoms with E-state index in [4.69, 9.17) is 14.6 Å². The summed E-state index contributed by atoms with van der Waals surface area (Å²) in [6.07, 6.45) is 2.16. The average molecular weight is 272 g/mol. The summed E-state index contributed by atoms with van der Waals surface area (Å²) < 4.78 is 11.0. The van der Waals surface area contributed by atoms with Gasteiger partial charge < -0.3 is 19.9 Å². The molecule has 6 heteroatoms. The number of carbonyl (C=O) groups is 1. The van der Waals surface area contributed by atoms with Gasteiger partial charge >= 0.3 is 0 Å². The fourth-order valence-electron chi connectivity index (χ4n) is 2.66. The molecule has 6 nitrogen and oxygen atoms in total. The van der Waals surface area contributed by atoms with E-state index in [1.165, 1.54) is 0 Å². The minimum absolute atomic E-state index is 0.00161. The summed E-state index contributed by atoms with van der Waals surface area (Å²) in [4.78, 5) is 13.9. The van der Waals surface area contributed by atoms with Crippen LogP contribution in [0.2, 0.25) is 0 Å². The van der Waals surface area contributed by atoms with Gasteiger partial charge in [-0.3, -0.25) is 9.69 Å². The summed E-state index contributed by atoms with van der Waals surface area (Å²) in [5.41, 5.74) is 0. The minimum atomic E-state index is -0.185. The summed E-state index contributed by atoms with van der Waals surface area (Å²) in [6.45, 7) is 5.05. The fraction of sp³-hybridized carbons (Fsp3) is 0.923. The zero-order chi connectivity index (χ0) is 13.7. The monoisotopic (exact) mass is 272 g/mol. The summed E-state index contributed by atoms with van der Waals surface area (Å²) in [7, 11) is 0. The van der Waals surface area contributed by atoms with Gasteiger partial charge in [0.25, 0.3) is 0 Å². The van der Waals surface area contributed by atoms with Gasteiger partial charge in [-0.25, -0.2) is 0 Å². The van der Waals surface area contributed by atoms with Crippen molar-refractivity contribution in [2.24, 2.45) is 0 Å². The molecule has 0 aromatic carbocycles. The highest BCUT2D eigenvalue weighted by Gasteiger charge is 2.26. The molecule has 2 heterocycles. The van der Waals surface area contributed by atoms with Crippen LogP contribution in [0.15, 0.2) is 0 Å². The zero-order valence-corrected chi connectivity index (χ0v) is 11.5. The average Bonchev–Trinajstić information content (AvgIpc) is 2.88. The van der Waals surface area contributed by atoms with Crippen molar-refractivity contribution in [1.29, 1.82) is 0 Å². The van der Waals surface area contributed by atoms with Crippen LogP contribution in [-0.2, 0) is 14.3 Å². The molecule has 0 aromatic heterocycles. The molecule has 0 aromatic rings. The Bertz CT molecular complexity index is 294. The van der Waals surface area contributed by atoms with Crippen LogP contribution in [0.4, 0.5) is 0 Å². The number of rotatable bonds is 5. The fourth-order valence-corrected chi connectivity index (χ4v) is 2.66. The third-order valence-corrected chi connectivity index (χ3v) is 3.52. The number of nitrogens with zero attached hydrogens (tertiary/aromatic N) is 1. The second kappa shape index (κ2) is 7.19. The quantitative estimate of drug-likeness (QED) is 0.697. The van der Waals surface area contributed by atoms with Gasteiger partial charge in [0.2, 0.25) is 5.91 Å². The van der Waals surface area contributed by atoms with Crippen LogP contribution in [0, 0.1) is 0 Å². The zero-order valence-electron chi connectivity index (χ0n) is 11.5. The number of aliphatic hydroxyl groups is 1. The van der Waals surface area contributed by atoms with Crippen molar-refractivity contribution in [3.63, 3.8) is 0 Å². The molecular formula is C13H24N2O4. The van der Waals surface area contributed by atoms with Gasteiger partial charge in [-0.1, -0.05) is 0 Å². The molecule has 3 unspecified atom stereocenters. The van der Waals surface area contributed by atoms with E-state index in [1.807, 2.05) is 11.8 Å². The smallest absolute Gasteiger partial charge is 0.234 e. The first-order valence-electron chi connectivity index (χ1n) is 7.04. The molecule has 2 aliphatic heterocycles. The molecule has 2 N–H and O–H groups in total. The third kappa shape index (κ3) is 4.72. The van der Waals surface area contributed by atoms with Crippen molar-refractivity contribution < 1.29 is 19.4 Å². The van der Waals surface area contributed by atoms with Gasteiger partial charge in [0.1, 0.15) is 0 Å². The standard InChI is InChI=1S/C13H24N2O4/c1-10-6-15(7-12(9-16)19-10)8-13(17)14-5-11-3-2-4-18-11/h10-12,16H,2-9H2,1H3,(H,14,17). The molecule has 19 heavy (non-hydrogen) atoms. The predicted molar refractivity (Wildman–Crippen MR) is 69.8 cm³/mol. The molecule has 2 fully saturated rings. The SMILES string of the molecule is CC1CN(CC(=O)NCC2CCCO2)CC(CO)O1. The highest BCUT2D eigenvalue weighted by atomic mass is 16.5. The Morgan fingerprint density at radius 2 is 2.26 bits per heavy atom. The number of nitrogens with one attached hydrogen (secondary N) is 1. The highest BCUT2D eigenvalue weighted by Crippen LogP contribution is 2.11. The van der Waals surface area contributed by atoms with Crippen LogP contribution in [0.25, 0.3) is 0 Å². The first-order chi connectivity index (χ1) is 9.17. The van der Waals surface area contributed by atoms with E-state index in [0.717, 1.165) is 26.0 Å². The van der Waals surface area contributed by atoms with E-state index in [2.05, 4.69) is 5.32 Å². The van der Waals surface area contributed by atoms with Crippen LogP contribution in [-0.4, -0.2) is 73.6 Å². The lowest BCUT2D eigenvalue weighted by Gasteiger charge is -2.35. The minimum Gasteiger partial charge on any atom is -0.394 e. The first kappa shape index (κ1) is 14.7. The van der Waals surface area contributed by atoms with E-state index < -0.39 is 0 Å². The van der Waals surface area contributed by atoms with Crippen molar-refractivity contribution in [3.8, 4) is 0 Å². The molecule has 2 aliphatic rings. The lowest BCUT2D eigenvalue weighted by Crippen LogP contribution is -2.51. The number of hydrogen-bond donors (Lipinski definition) is 2. The van der Waals surface area contributed by atoms with Crippen molar-refractivity contribution in [1.82, 2.24) is 10.2 Å². The maximum Gasteiger partial charge on any atom is 0.234 e. The largest absolute Gasteiger partial charge is 0.394 e. The van der Waals surface area contributed by atoms with Crippen molar-refractivity contribution in [2.45, 2.75) is 38.1 Å². The van der Waals surface area contributed by atoms with Gasteiger partial charge in [-0.2, -0.15) is 0 Å². The van der Waals surface area contributed by atoms with Crippen molar-refractivity contribution in [3.05, 3.63) is 0 Å². The van der Waals surface area contributed by atoms with E-state index in [9.17, 15) is 4.79 Å². The maximum absolute atomic E-state index is 11.9. The molecule has 1 amide bonds. The number of carbonyl (C=O) groups excluding carboxylic acids is 1. The van der Waals surface area contributed by atoms with Gasteiger partial charge in [0.15, 0.2) is 0 Å². The van der Waals surface area contributed by atoms with Gasteiger partial charge in [-0.15, -0.1) is 0 Å². The molecular weight excluding hydrogens is 248 g/mol. The molecule has 2 saturated heterocycles. The molecule has 0 aliphatic carbocycles. The number of hydrogen-bond acceptors (Lipinski definition) is 5. The Balaban J connectivity index is 1.68. The Labute approximate surface area is 114 Å². The Morgan fingerprint density at radius 3 is 2.95 bits per heavy atom. The predicted octanol–water partition coefficient (Wildman–Crippen LogP) is -0.637. The molecule has 110 valence electrons. The number of morpholine rings is 1. The van der Waals surface area contributed by atoms with Crippen LogP contribution in [0.3, 0.4) is 0 Å². The molecule has 2 rings (SSSR count). The highest BCUT2D eigenvalue weighted by molar-refractivity contribution is 5.78. The normalized spacial score (nSPS) is 32.4. The first-order valence-corrected chi connectivity index (χ1v) is 7.04. The molecule has 0 bridgehead atoms. The summed E-state index contributed by atoms with van der Waals surface area (Å²) >= 11 is 0. The summed E-state index contributed by atoms with van der Waals surface area (Å²) in [5.74, 6) is 0.0151. The van der Waals surface area contributed by atoms with Crippen molar-refractivity contribution >= 4 is 5.91 Å².